The second-order valence-corrected chi connectivity index (χ2v) is 2.94. The predicted molar refractivity (Wildman–Crippen MR) is 42.7 cm³/mol. The van der Waals surface area contributed by atoms with Gasteiger partial charge in [0.1, 0.15) is 0 Å². The highest BCUT2D eigenvalue weighted by molar-refractivity contribution is 9.09. The van der Waals surface area contributed by atoms with Crippen LogP contribution in [-0.2, 0) is 4.79 Å². The molecule has 0 aromatic carbocycles. The van der Waals surface area contributed by atoms with Gasteiger partial charge < -0.3 is 15.3 Å². The molecule has 66 valence electrons. The lowest BCUT2D eigenvalue weighted by atomic mass is 10.1. The number of carboxylic acids is 1. The smallest absolute Gasteiger partial charge is 0.305 e. The average Bonchev–Trinajstić information content (AvgIpc) is 1.85. The molecule has 0 unspecified atom stereocenters. The van der Waals surface area contributed by atoms with Crippen molar-refractivity contribution in [2.75, 3.05) is 5.33 Å². The van der Waals surface area contributed by atoms with Gasteiger partial charge in [-0.2, -0.15) is 0 Å². The molecule has 0 radical (unpaired) electrons. The van der Waals surface area contributed by atoms with Gasteiger partial charge in [-0.1, -0.05) is 15.9 Å². The van der Waals surface area contributed by atoms with Crippen LogP contribution in [0, 0.1) is 0 Å². The summed E-state index contributed by atoms with van der Waals surface area (Å²) in [6, 6.07) is 0. The summed E-state index contributed by atoms with van der Waals surface area (Å²) in [6.45, 7) is 0. The number of aliphatic hydroxyl groups is 2. The Hall–Kier alpha value is -0.130. The summed E-state index contributed by atoms with van der Waals surface area (Å²) < 4.78 is 0. The molecular formula is C6H11BrO4. The molecule has 5 heteroatoms. The zero-order chi connectivity index (χ0) is 8.85. The van der Waals surface area contributed by atoms with Crippen molar-refractivity contribution in [1.29, 1.82) is 0 Å². The van der Waals surface area contributed by atoms with Crippen LogP contribution in [-0.4, -0.2) is 38.8 Å². The van der Waals surface area contributed by atoms with Gasteiger partial charge in [0, 0.05) is 11.8 Å². The number of carboxylic acid groups (broad SMARTS) is 1. The second-order valence-electron chi connectivity index (χ2n) is 2.30. The molecule has 0 saturated carbocycles. The summed E-state index contributed by atoms with van der Waals surface area (Å²) in [4.78, 5) is 10.0. The van der Waals surface area contributed by atoms with Crippen LogP contribution >= 0.6 is 15.9 Å². The fraction of sp³-hybridized carbons (Fsp3) is 0.833. The average molecular weight is 227 g/mol. The van der Waals surface area contributed by atoms with Crippen LogP contribution in [0.3, 0.4) is 0 Å². The molecule has 0 aromatic rings. The first-order valence-corrected chi connectivity index (χ1v) is 4.32. The molecule has 0 bridgehead atoms. The van der Waals surface area contributed by atoms with Crippen molar-refractivity contribution in [2.45, 2.75) is 25.0 Å². The first kappa shape index (κ1) is 10.9. The Kier molecular flexibility index (Phi) is 5.45. The number of aliphatic carboxylic acids is 1. The summed E-state index contributed by atoms with van der Waals surface area (Å²) in [5.74, 6) is -1.06. The molecule has 4 nitrogen and oxygen atoms in total. The highest BCUT2D eigenvalue weighted by Gasteiger charge is 2.13. The van der Waals surface area contributed by atoms with Gasteiger partial charge in [0.2, 0.25) is 0 Å². The molecule has 0 aromatic heterocycles. The Morgan fingerprint density at radius 2 is 1.91 bits per heavy atom. The van der Waals surface area contributed by atoms with Crippen molar-refractivity contribution >= 4 is 21.9 Å². The van der Waals surface area contributed by atoms with E-state index in [1.54, 1.807) is 0 Å². The van der Waals surface area contributed by atoms with Crippen molar-refractivity contribution in [2.24, 2.45) is 0 Å². The van der Waals surface area contributed by atoms with Gasteiger partial charge in [-0.15, -0.1) is 0 Å². The first-order chi connectivity index (χ1) is 5.06. The highest BCUT2D eigenvalue weighted by Crippen LogP contribution is 2.04. The summed E-state index contributed by atoms with van der Waals surface area (Å²) in [5.41, 5.74) is 0. The standard InChI is InChI=1S/C6H11BrO4/c7-3-5(9)1-4(8)2-6(10)11/h4-5,8-9H,1-3H2,(H,10,11)/t4-,5+/m1/s1. The van der Waals surface area contributed by atoms with E-state index in [0.29, 0.717) is 5.33 Å². The maximum absolute atomic E-state index is 10.0. The third-order valence-corrected chi connectivity index (χ3v) is 1.88. The van der Waals surface area contributed by atoms with E-state index >= 15 is 0 Å². The second kappa shape index (κ2) is 5.51. The van der Waals surface area contributed by atoms with E-state index in [1.807, 2.05) is 0 Å². The van der Waals surface area contributed by atoms with E-state index in [0.717, 1.165) is 0 Å². The number of hydrogen-bond acceptors (Lipinski definition) is 3. The number of halogens is 1. The molecule has 0 aliphatic carbocycles. The zero-order valence-corrected chi connectivity index (χ0v) is 7.49. The van der Waals surface area contributed by atoms with Crippen LogP contribution in [0.15, 0.2) is 0 Å². The van der Waals surface area contributed by atoms with Gasteiger partial charge in [-0.25, -0.2) is 0 Å². The number of hydrogen-bond donors (Lipinski definition) is 3. The topological polar surface area (TPSA) is 77.8 Å². The van der Waals surface area contributed by atoms with Gasteiger partial charge in [0.05, 0.1) is 18.6 Å². The minimum Gasteiger partial charge on any atom is -0.481 e. The molecule has 0 aliphatic heterocycles. The highest BCUT2D eigenvalue weighted by atomic mass is 79.9. The van der Waals surface area contributed by atoms with Crippen LogP contribution < -0.4 is 0 Å². The van der Waals surface area contributed by atoms with Crippen molar-refractivity contribution in [1.82, 2.24) is 0 Å². The molecule has 0 spiro atoms. The van der Waals surface area contributed by atoms with Crippen molar-refractivity contribution in [3.8, 4) is 0 Å². The van der Waals surface area contributed by atoms with Gasteiger partial charge in [0.15, 0.2) is 0 Å². The minimum atomic E-state index is -1.06. The Morgan fingerprint density at radius 1 is 1.36 bits per heavy atom. The molecule has 0 heterocycles. The number of carbonyl (C=O) groups is 1. The number of rotatable bonds is 5. The molecule has 0 amide bonds. The summed E-state index contributed by atoms with van der Waals surface area (Å²) >= 11 is 3.00. The molecule has 2 atom stereocenters. The fourth-order valence-electron chi connectivity index (χ4n) is 0.662. The number of alkyl halides is 1. The van der Waals surface area contributed by atoms with Crippen molar-refractivity contribution in [3.63, 3.8) is 0 Å². The molecule has 0 rings (SSSR count). The zero-order valence-electron chi connectivity index (χ0n) is 5.90. The van der Waals surface area contributed by atoms with E-state index < -0.39 is 18.2 Å². The minimum absolute atomic E-state index is 0.0948. The third-order valence-electron chi connectivity index (χ3n) is 1.13. The summed E-state index contributed by atoms with van der Waals surface area (Å²) in [6.07, 6.45) is -1.86. The monoisotopic (exact) mass is 226 g/mol. The molecule has 0 fully saturated rings. The van der Waals surface area contributed by atoms with Crippen LogP contribution in [0.2, 0.25) is 0 Å². The van der Waals surface area contributed by atoms with E-state index in [2.05, 4.69) is 15.9 Å². The van der Waals surface area contributed by atoms with E-state index in [4.69, 9.17) is 15.3 Å². The van der Waals surface area contributed by atoms with Crippen LogP contribution in [0.5, 0.6) is 0 Å². The summed E-state index contributed by atoms with van der Waals surface area (Å²) in [7, 11) is 0. The Bertz CT molecular complexity index is 128. The third kappa shape index (κ3) is 6.28. The van der Waals surface area contributed by atoms with E-state index in [9.17, 15) is 4.79 Å². The molecule has 11 heavy (non-hydrogen) atoms. The van der Waals surface area contributed by atoms with Crippen LogP contribution in [0.1, 0.15) is 12.8 Å². The van der Waals surface area contributed by atoms with Gasteiger partial charge >= 0.3 is 5.97 Å². The first-order valence-electron chi connectivity index (χ1n) is 3.20. The maximum Gasteiger partial charge on any atom is 0.305 e. The Labute approximate surface area is 73.0 Å². The number of aliphatic hydroxyl groups excluding tert-OH is 2. The Morgan fingerprint density at radius 3 is 2.27 bits per heavy atom. The van der Waals surface area contributed by atoms with Crippen LogP contribution in [0.25, 0.3) is 0 Å². The van der Waals surface area contributed by atoms with E-state index in [-0.39, 0.29) is 12.8 Å². The van der Waals surface area contributed by atoms with Gasteiger partial charge in [-0.3, -0.25) is 4.79 Å². The lowest BCUT2D eigenvalue weighted by Crippen LogP contribution is -2.21. The van der Waals surface area contributed by atoms with Gasteiger partial charge in [0.25, 0.3) is 0 Å². The molecule has 3 N–H and O–H groups in total. The summed E-state index contributed by atoms with van der Waals surface area (Å²) in [5, 5.41) is 26.5. The largest absolute Gasteiger partial charge is 0.481 e. The molecular weight excluding hydrogens is 216 g/mol. The quantitative estimate of drug-likeness (QED) is 0.576. The maximum atomic E-state index is 10.0. The van der Waals surface area contributed by atoms with Crippen molar-refractivity contribution < 1.29 is 20.1 Å². The Balaban J connectivity index is 3.51. The van der Waals surface area contributed by atoms with Gasteiger partial charge in [-0.05, 0) is 0 Å². The normalized spacial score (nSPS) is 15.9. The lowest BCUT2D eigenvalue weighted by Gasteiger charge is -2.10. The fourth-order valence-corrected chi connectivity index (χ4v) is 0.926. The van der Waals surface area contributed by atoms with Crippen molar-refractivity contribution in [3.05, 3.63) is 0 Å². The predicted octanol–water partition coefficient (Wildman–Crippen LogP) is -0.0321. The lowest BCUT2D eigenvalue weighted by molar-refractivity contribution is -0.139. The van der Waals surface area contributed by atoms with Crippen LogP contribution in [0.4, 0.5) is 0 Å². The SMILES string of the molecule is O=C(O)C[C@H](O)C[C@H](O)CBr. The van der Waals surface area contributed by atoms with E-state index in [1.165, 1.54) is 0 Å². The molecule has 0 saturated heterocycles. The molecule has 0 aliphatic rings.